The van der Waals surface area contributed by atoms with Gasteiger partial charge in [-0.25, -0.2) is 0 Å². The Balaban J connectivity index is 0.00000242. The normalized spacial score (nSPS) is 17.8. The van der Waals surface area contributed by atoms with Crippen LogP contribution in [-0.2, 0) is 10.2 Å². The lowest BCUT2D eigenvalue weighted by Gasteiger charge is -2.31. The molecule has 1 aliphatic heterocycles. The predicted molar refractivity (Wildman–Crippen MR) is 94.6 cm³/mol. The van der Waals surface area contributed by atoms with Gasteiger partial charge in [-0.05, 0) is 50.3 Å². The van der Waals surface area contributed by atoms with Crippen LogP contribution in [0.5, 0.6) is 0 Å². The second-order valence-corrected chi connectivity index (χ2v) is 6.06. The summed E-state index contributed by atoms with van der Waals surface area (Å²) < 4.78 is 0. The summed E-state index contributed by atoms with van der Waals surface area (Å²) >= 11 is 0. The van der Waals surface area contributed by atoms with E-state index in [2.05, 4.69) is 36.6 Å². The van der Waals surface area contributed by atoms with E-state index in [-0.39, 0.29) is 23.7 Å². The van der Waals surface area contributed by atoms with E-state index in [0.29, 0.717) is 0 Å². The van der Waals surface area contributed by atoms with Crippen molar-refractivity contribution in [2.24, 2.45) is 5.92 Å². The summed E-state index contributed by atoms with van der Waals surface area (Å²) in [6.45, 7) is 7.23. The molecule has 0 bridgehead atoms. The standard InChI is InChI=1S/C18H28N2O.ClH/c1-3-18(4-2,16-8-6-5-7-9-16)17(21)20-13-11-15-10-12-19-14-15;/h5-9,15,19H,3-4,10-14H2,1-2H3,(H,20,21);1H. The third-order valence-corrected chi connectivity index (χ3v) is 4.97. The van der Waals surface area contributed by atoms with Crippen LogP contribution in [0.1, 0.15) is 45.1 Å². The molecule has 4 heteroatoms. The highest BCUT2D eigenvalue weighted by atomic mass is 35.5. The molecule has 1 aromatic carbocycles. The first-order valence-corrected chi connectivity index (χ1v) is 8.27. The van der Waals surface area contributed by atoms with Gasteiger partial charge in [0.2, 0.25) is 5.91 Å². The van der Waals surface area contributed by atoms with Crippen molar-refractivity contribution in [1.82, 2.24) is 10.6 Å². The number of benzene rings is 1. The van der Waals surface area contributed by atoms with Gasteiger partial charge in [0.25, 0.3) is 0 Å². The van der Waals surface area contributed by atoms with Crippen molar-refractivity contribution < 1.29 is 4.79 Å². The van der Waals surface area contributed by atoms with Gasteiger partial charge in [0.15, 0.2) is 0 Å². The van der Waals surface area contributed by atoms with E-state index >= 15 is 0 Å². The molecule has 1 saturated heterocycles. The second-order valence-electron chi connectivity index (χ2n) is 6.06. The monoisotopic (exact) mass is 324 g/mol. The van der Waals surface area contributed by atoms with Crippen molar-refractivity contribution in [2.45, 2.75) is 44.9 Å². The first kappa shape index (κ1) is 19.0. The molecule has 0 saturated carbocycles. The van der Waals surface area contributed by atoms with Crippen LogP contribution in [0.4, 0.5) is 0 Å². The van der Waals surface area contributed by atoms with Crippen molar-refractivity contribution in [3.63, 3.8) is 0 Å². The molecule has 1 atom stereocenters. The largest absolute Gasteiger partial charge is 0.355 e. The lowest BCUT2D eigenvalue weighted by Crippen LogP contribution is -2.44. The maximum atomic E-state index is 12.8. The molecule has 1 amide bonds. The molecule has 1 unspecified atom stereocenters. The maximum Gasteiger partial charge on any atom is 0.230 e. The zero-order valence-electron chi connectivity index (χ0n) is 13.7. The van der Waals surface area contributed by atoms with Crippen LogP contribution >= 0.6 is 12.4 Å². The number of halogens is 1. The molecule has 22 heavy (non-hydrogen) atoms. The van der Waals surface area contributed by atoms with Crippen LogP contribution in [0.15, 0.2) is 30.3 Å². The molecule has 124 valence electrons. The molecule has 0 radical (unpaired) electrons. The van der Waals surface area contributed by atoms with Crippen molar-refractivity contribution in [1.29, 1.82) is 0 Å². The van der Waals surface area contributed by atoms with E-state index in [1.807, 2.05) is 18.2 Å². The predicted octanol–water partition coefficient (Wildman–Crippen LogP) is 3.28. The highest BCUT2D eigenvalue weighted by molar-refractivity contribution is 5.88. The van der Waals surface area contributed by atoms with E-state index in [4.69, 9.17) is 0 Å². The van der Waals surface area contributed by atoms with Gasteiger partial charge in [0.05, 0.1) is 5.41 Å². The fourth-order valence-corrected chi connectivity index (χ4v) is 3.39. The highest BCUT2D eigenvalue weighted by Gasteiger charge is 2.36. The first-order valence-electron chi connectivity index (χ1n) is 8.27. The van der Waals surface area contributed by atoms with Crippen molar-refractivity contribution >= 4 is 18.3 Å². The Hall–Kier alpha value is -1.06. The summed E-state index contributed by atoms with van der Waals surface area (Å²) in [7, 11) is 0. The first-order chi connectivity index (χ1) is 10.2. The number of amides is 1. The van der Waals surface area contributed by atoms with Crippen LogP contribution in [0.3, 0.4) is 0 Å². The minimum absolute atomic E-state index is 0. The summed E-state index contributed by atoms with van der Waals surface area (Å²) in [4.78, 5) is 12.8. The van der Waals surface area contributed by atoms with Gasteiger partial charge < -0.3 is 10.6 Å². The fraction of sp³-hybridized carbons (Fsp3) is 0.611. The Bertz CT molecular complexity index is 440. The van der Waals surface area contributed by atoms with Crippen LogP contribution in [0.25, 0.3) is 0 Å². The third-order valence-electron chi connectivity index (χ3n) is 4.97. The summed E-state index contributed by atoms with van der Waals surface area (Å²) in [5.41, 5.74) is 0.755. The SMILES string of the molecule is CCC(CC)(C(=O)NCCC1CCNC1)c1ccccc1.Cl. The number of nitrogens with one attached hydrogen (secondary N) is 2. The van der Waals surface area contributed by atoms with Crippen LogP contribution in [0, 0.1) is 5.92 Å². The average Bonchev–Trinajstić information content (AvgIpc) is 3.03. The topological polar surface area (TPSA) is 41.1 Å². The van der Waals surface area contributed by atoms with Crippen LogP contribution < -0.4 is 10.6 Å². The summed E-state index contributed by atoms with van der Waals surface area (Å²) in [6, 6.07) is 10.2. The highest BCUT2D eigenvalue weighted by Crippen LogP contribution is 2.31. The molecule has 2 N–H and O–H groups in total. The van der Waals surface area contributed by atoms with Gasteiger partial charge >= 0.3 is 0 Å². The molecular formula is C18H29ClN2O. The van der Waals surface area contributed by atoms with Gasteiger partial charge in [-0.1, -0.05) is 44.2 Å². The number of carbonyl (C=O) groups is 1. The minimum Gasteiger partial charge on any atom is -0.355 e. The molecule has 3 nitrogen and oxygen atoms in total. The van der Waals surface area contributed by atoms with Crippen molar-refractivity contribution in [3.8, 4) is 0 Å². The molecule has 0 aromatic heterocycles. The number of carbonyl (C=O) groups excluding carboxylic acids is 1. The number of hydrogen-bond acceptors (Lipinski definition) is 2. The smallest absolute Gasteiger partial charge is 0.230 e. The molecule has 1 heterocycles. The zero-order chi connectivity index (χ0) is 15.1. The molecule has 1 fully saturated rings. The third kappa shape index (κ3) is 4.23. The Morgan fingerprint density at radius 2 is 1.95 bits per heavy atom. The van der Waals surface area contributed by atoms with Crippen LogP contribution in [0.2, 0.25) is 0 Å². The van der Waals surface area contributed by atoms with E-state index in [0.717, 1.165) is 50.4 Å². The van der Waals surface area contributed by atoms with E-state index < -0.39 is 0 Å². The number of hydrogen-bond donors (Lipinski definition) is 2. The number of rotatable bonds is 7. The van der Waals surface area contributed by atoms with Crippen molar-refractivity contribution in [3.05, 3.63) is 35.9 Å². The van der Waals surface area contributed by atoms with E-state index in [9.17, 15) is 4.79 Å². The van der Waals surface area contributed by atoms with Crippen molar-refractivity contribution in [2.75, 3.05) is 19.6 Å². The van der Waals surface area contributed by atoms with E-state index in [1.165, 1.54) is 6.42 Å². The minimum atomic E-state index is -0.380. The summed E-state index contributed by atoms with van der Waals surface area (Å²) in [5.74, 6) is 0.907. The lowest BCUT2D eigenvalue weighted by atomic mass is 9.75. The molecule has 2 rings (SSSR count). The van der Waals surface area contributed by atoms with Gasteiger partial charge in [-0.3, -0.25) is 4.79 Å². The zero-order valence-corrected chi connectivity index (χ0v) is 14.5. The maximum absolute atomic E-state index is 12.8. The fourth-order valence-electron chi connectivity index (χ4n) is 3.39. The summed E-state index contributed by atoms with van der Waals surface area (Å²) in [5, 5.41) is 6.56. The molecule has 1 aliphatic rings. The van der Waals surface area contributed by atoms with Gasteiger partial charge in [0, 0.05) is 6.54 Å². The van der Waals surface area contributed by atoms with E-state index in [1.54, 1.807) is 0 Å². The van der Waals surface area contributed by atoms with Crippen LogP contribution in [-0.4, -0.2) is 25.5 Å². The Morgan fingerprint density at radius 3 is 2.50 bits per heavy atom. The molecular weight excluding hydrogens is 296 g/mol. The Labute approximate surface area is 140 Å². The lowest BCUT2D eigenvalue weighted by molar-refractivity contribution is -0.127. The molecule has 0 aliphatic carbocycles. The Morgan fingerprint density at radius 1 is 1.27 bits per heavy atom. The summed E-state index contributed by atoms with van der Waals surface area (Å²) in [6.07, 6.45) is 3.99. The second kappa shape index (κ2) is 9.16. The molecule has 0 spiro atoms. The van der Waals surface area contributed by atoms with Gasteiger partial charge in [-0.2, -0.15) is 0 Å². The van der Waals surface area contributed by atoms with Gasteiger partial charge in [-0.15, -0.1) is 12.4 Å². The Kier molecular flexibility index (Phi) is 7.91. The average molecular weight is 325 g/mol. The van der Waals surface area contributed by atoms with Gasteiger partial charge in [0.1, 0.15) is 0 Å². The quantitative estimate of drug-likeness (QED) is 0.808. The molecule has 1 aromatic rings.